The molecule has 0 bridgehead atoms. The Labute approximate surface area is 137 Å². The summed E-state index contributed by atoms with van der Waals surface area (Å²) in [7, 11) is 3.12. The van der Waals surface area contributed by atoms with Crippen molar-refractivity contribution < 1.29 is 19.4 Å². The van der Waals surface area contributed by atoms with Gasteiger partial charge in [-0.3, -0.25) is 0 Å². The number of carboxylic acid groups (broad SMARTS) is 1. The van der Waals surface area contributed by atoms with E-state index in [0.29, 0.717) is 27.4 Å². The summed E-state index contributed by atoms with van der Waals surface area (Å²) in [4.78, 5) is 14.2. The van der Waals surface area contributed by atoms with E-state index >= 15 is 0 Å². The van der Waals surface area contributed by atoms with Gasteiger partial charge in [0.2, 0.25) is 0 Å². The van der Waals surface area contributed by atoms with E-state index < -0.39 is 5.97 Å². The summed E-state index contributed by atoms with van der Waals surface area (Å²) in [5.41, 5.74) is 2.42. The number of ether oxygens (including phenoxy) is 2. The van der Waals surface area contributed by atoms with Crippen LogP contribution < -0.4 is 9.47 Å². The maximum Gasteiger partial charge on any atom is 0.337 e. The summed E-state index contributed by atoms with van der Waals surface area (Å²) in [6.45, 7) is 0. The van der Waals surface area contributed by atoms with Gasteiger partial charge in [0.1, 0.15) is 0 Å². The second-order valence-corrected chi connectivity index (χ2v) is 5.36. The molecule has 118 valence electrons. The predicted octanol–water partition coefficient (Wildman–Crippen LogP) is 4.20. The first-order valence-electron chi connectivity index (χ1n) is 6.81. The number of halogens is 1. The summed E-state index contributed by atoms with van der Waals surface area (Å²) < 4.78 is 10.5. The average molecular weight is 332 g/mol. The first kappa shape index (κ1) is 15.2. The van der Waals surface area contributed by atoms with Crippen LogP contribution in [0.25, 0.3) is 22.0 Å². The van der Waals surface area contributed by atoms with Crippen LogP contribution in [0.4, 0.5) is 0 Å². The number of aromatic carboxylic acids is 1. The van der Waals surface area contributed by atoms with E-state index in [0.717, 1.165) is 11.1 Å². The molecule has 0 spiro atoms. The second kappa shape index (κ2) is 5.85. The van der Waals surface area contributed by atoms with E-state index in [1.165, 1.54) is 6.20 Å². The molecule has 0 aliphatic heterocycles. The maximum absolute atomic E-state index is 11.3. The van der Waals surface area contributed by atoms with E-state index in [-0.39, 0.29) is 5.56 Å². The summed E-state index contributed by atoms with van der Waals surface area (Å²) in [5.74, 6) is 0.201. The van der Waals surface area contributed by atoms with Crippen LogP contribution in [0.2, 0.25) is 5.02 Å². The Balaban J connectivity index is 2.21. The zero-order valence-corrected chi connectivity index (χ0v) is 13.3. The minimum absolute atomic E-state index is 0.207. The van der Waals surface area contributed by atoms with Crippen molar-refractivity contribution in [3.8, 4) is 22.6 Å². The van der Waals surface area contributed by atoms with Crippen LogP contribution in [0.5, 0.6) is 11.5 Å². The Morgan fingerprint density at radius 3 is 2.52 bits per heavy atom. The smallest absolute Gasteiger partial charge is 0.337 e. The van der Waals surface area contributed by atoms with Crippen molar-refractivity contribution in [3.63, 3.8) is 0 Å². The molecule has 0 aliphatic rings. The molecule has 2 N–H and O–H groups in total. The van der Waals surface area contributed by atoms with Crippen LogP contribution in [0.15, 0.2) is 36.5 Å². The fraction of sp³-hybridized carbons (Fsp3) is 0.118. The first-order valence-corrected chi connectivity index (χ1v) is 7.19. The van der Waals surface area contributed by atoms with Gasteiger partial charge in [-0.15, -0.1) is 0 Å². The van der Waals surface area contributed by atoms with Gasteiger partial charge in [0.15, 0.2) is 11.5 Å². The normalized spacial score (nSPS) is 10.7. The Bertz CT molecular complexity index is 901. The standard InChI is InChI=1S/C17H14ClNO4/c1-22-15-4-3-9(5-16(15)23-2)10-6-11-12(17(20)21)8-19-14(11)7-13(10)18/h3-8,19H,1-2H3,(H,20,21). The number of benzene rings is 2. The number of carbonyl (C=O) groups is 1. The maximum atomic E-state index is 11.3. The molecular weight excluding hydrogens is 318 g/mol. The predicted molar refractivity (Wildman–Crippen MR) is 88.8 cm³/mol. The number of fused-ring (bicyclic) bond motifs is 1. The van der Waals surface area contributed by atoms with Crippen molar-refractivity contribution in [2.24, 2.45) is 0 Å². The molecule has 5 nitrogen and oxygen atoms in total. The van der Waals surface area contributed by atoms with Crippen LogP contribution in [-0.2, 0) is 0 Å². The van der Waals surface area contributed by atoms with Gasteiger partial charge in [0, 0.05) is 22.7 Å². The molecule has 1 aromatic heterocycles. The molecule has 1 heterocycles. The van der Waals surface area contributed by atoms with Crippen molar-refractivity contribution in [3.05, 3.63) is 47.1 Å². The van der Waals surface area contributed by atoms with Gasteiger partial charge >= 0.3 is 5.97 Å². The Morgan fingerprint density at radius 1 is 1.13 bits per heavy atom. The van der Waals surface area contributed by atoms with E-state index in [4.69, 9.17) is 21.1 Å². The molecule has 0 fully saturated rings. The largest absolute Gasteiger partial charge is 0.493 e. The SMILES string of the molecule is COc1ccc(-c2cc3c(C(=O)O)c[nH]c3cc2Cl)cc1OC. The van der Waals surface area contributed by atoms with Crippen LogP contribution in [0.1, 0.15) is 10.4 Å². The molecule has 2 aromatic carbocycles. The first-order chi connectivity index (χ1) is 11.0. The minimum atomic E-state index is -0.989. The molecule has 0 unspecified atom stereocenters. The third-order valence-electron chi connectivity index (χ3n) is 3.69. The molecule has 0 atom stereocenters. The fourth-order valence-electron chi connectivity index (χ4n) is 2.55. The zero-order valence-electron chi connectivity index (χ0n) is 12.5. The summed E-state index contributed by atoms with van der Waals surface area (Å²) in [6.07, 6.45) is 1.46. The highest BCUT2D eigenvalue weighted by molar-refractivity contribution is 6.34. The van der Waals surface area contributed by atoms with Crippen LogP contribution in [0, 0.1) is 0 Å². The van der Waals surface area contributed by atoms with E-state index in [1.807, 2.05) is 6.07 Å². The third kappa shape index (κ3) is 2.59. The van der Waals surface area contributed by atoms with Crippen LogP contribution in [-0.4, -0.2) is 30.3 Å². The number of H-pyrrole nitrogens is 1. The molecule has 0 amide bonds. The van der Waals surface area contributed by atoms with E-state index in [9.17, 15) is 9.90 Å². The van der Waals surface area contributed by atoms with Crippen molar-refractivity contribution in [1.82, 2.24) is 4.98 Å². The van der Waals surface area contributed by atoms with Gasteiger partial charge in [-0.2, -0.15) is 0 Å². The number of carboxylic acids is 1. The van der Waals surface area contributed by atoms with Gasteiger partial charge in [-0.25, -0.2) is 4.79 Å². The summed E-state index contributed by atoms with van der Waals surface area (Å²) >= 11 is 6.36. The number of aromatic nitrogens is 1. The number of hydrogen-bond donors (Lipinski definition) is 2. The molecule has 6 heteroatoms. The van der Waals surface area contributed by atoms with Gasteiger partial charge in [-0.05, 0) is 29.8 Å². The second-order valence-electron chi connectivity index (χ2n) is 4.95. The highest BCUT2D eigenvalue weighted by Gasteiger charge is 2.15. The number of rotatable bonds is 4. The van der Waals surface area contributed by atoms with Crippen molar-refractivity contribution >= 4 is 28.5 Å². The van der Waals surface area contributed by atoms with E-state index in [2.05, 4.69) is 4.98 Å². The molecule has 0 aliphatic carbocycles. The monoisotopic (exact) mass is 331 g/mol. The third-order valence-corrected chi connectivity index (χ3v) is 4.01. The number of nitrogens with one attached hydrogen (secondary N) is 1. The van der Waals surface area contributed by atoms with Crippen molar-refractivity contribution in [1.29, 1.82) is 0 Å². The van der Waals surface area contributed by atoms with Crippen LogP contribution in [0.3, 0.4) is 0 Å². The molecule has 3 rings (SSSR count). The van der Waals surface area contributed by atoms with Gasteiger partial charge in [0.05, 0.1) is 24.8 Å². The number of aromatic amines is 1. The summed E-state index contributed by atoms with van der Waals surface area (Å²) in [6, 6.07) is 8.92. The average Bonchev–Trinajstić information content (AvgIpc) is 2.96. The highest BCUT2D eigenvalue weighted by atomic mass is 35.5. The molecule has 0 saturated heterocycles. The highest BCUT2D eigenvalue weighted by Crippen LogP contribution is 2.37. The minimum Gasteiger partial charge on any atom is -0.493 e. The molecule has 0 radical (unpaired) electrons. The fourth-order valence-corrected chi connectivity index (χ4v) is 2.82. The van der Waals surface area contributed by atoms with Crippen LogP contribution >= 0.6 is 11.6 Å². The summed E-state index contributed by atoms with van der Waals surface area (Å²) in [5, 5.41) is 10.4. The molecular formula is C17H14ClNO4. The number of methoxy groups -OCH3 is 2. The van der Waals surface area contributed by atoms with Crippen molar-refractivity contribution in [2.75, 3.05) is 14.2 Å². The number of hydrogen-bond acceptors (Lipinski definition) is 3. The molecule has 3 aromatic rings. The zero-order chi connectivity index (χ0) is 16.6. The molecule has 0 saturated carbocycles. The topological polar surface area (TPSA) is 71.5 Å². The van der Waals surface area contributed by atoms with Crippen molar-refractivity contribution in [2.45, 2.75) is 0 Å². The lowest BCUT2D eigenvalue weighted by molar-refractivity contribution is 0.0699. The quantitative estimate of drug-likeness (QED) is 0.751. The van der Waals surface area contributed by atoms with E-state index in [1.54, 1.807) is 38.5 Å². The van der Waals surface area contributed by atoms with Gasteiger partial charge < -0.3 is 19.6 Å². The lowest BCUT2D eigenvalue weighted by atomic mass is 10.0. The molecule has 23 heavy (non-hydrogen) atoms. The Kier molecular flexibility index (Phi) is 3.88. The lowest BCUT2D eigenvalue weighted by Gasteiger charge is -2.11. The Morgan fingerprint density at radius 2 is 1.87 bits per heavy atom. The van der Waals surface area contributed by atoms with Gasteiger partial charge in [0.25, 0.3) is 0 Å². The Hall–Kier alpha value is -2.66. The lowest BCUT2D eigenvalue weighted by Crippen LogP contribution is -1.94. The van der Waals surface area contributed by atoms with Gasteiger partial charge in [-0.1, -0.05) is 17.7 Å².